The van der Waals surface area contributed by atoms with E-state index in [1.165, 1.54) is 82.4 Å². The van der Waals surface area contributed by atoms with E-state index < -0.39 is 5.41 Å². The van der Waals surface area contributed by atoms with E-state index in [2.05, 4.69) is 225 Å². The Morgan fingerprint density at radius 2 is 0.871 bits per heavy atom. The molecule has 62 heavy (non-hydrogen) atoms. The van der Waals surface area contributed by atoms with Crippen LogP contribution in [0.4, 0.5) is 0 Å². The molecule has 13 rings (SSSR count). The van der Waals surface area contributed by atoms with Gasteiger partial charge in [-0.1, -0.05) is 176 Å². The Morgan fingerprint density at radius 1 is 0.339 bits per heavy atom. The van der Waals surface area contributed by atoms with E-state index in [0.29, 0.717) is 0 Å². The Bertz CT molecular complexity index is 3640. The molecule has 0 spiro atoms. The fourth-order valence-electron chi connectivity index (χ4n) is 10.7. The first-order valence-corrected chi connectivity index (χ1v) is 21.4. The summed E-state index contributed by atoms with van der Waals surface area (Å²) >= 11 is 0. The van der Waals surface area contributed by atoms with Gasteiger partial charge in [0.2, 0.25) is 0 Å². The van der Waals surface area contributed by atoms with Crippen LogP contribution in [0.2, 0.25) is 0 Å². The lowest BCUT2D eigenvalue weighted by molar-refractivity contribution is 0.669. The quantitative estimate of drug-likeness (QED) is 0.162. The molecule has 0 amide bonds. The van der Waals surface area contributed by atoms with Crippen molar-refractivity contribution in [3.8, 4) is 44.6 Å². The highest BCUT2D eigenvalue weighted by atomic mass is 16.3. The van der Waals surface area contributed by atoms with Gasteiger partial charge in [-0.15, -0.1) is 0 Å². The maximum atomic E-state index is 6.32. The lowest BCUT2D eigenvalue weighted by Gasteiger charge is -2.34. The van der Waals surface area contributed by atoms with Crippen LogP contribution in [0.5, 0.6) is 0 Å². The number of rotatable bonds is 5. The van der Waals surface area contributed by atoms with Crippen LogP contribution in [0.1, 0.15) is 22.3 Å². The van der Waals surface area contributed by atoms with E-state index >= 15 is 0 Å². The van der Waals surface area contributed by atoms with Gasteiger partial charge in [0.15, 0.2) is 0 Å². The number of hydrogen-bond acceptors (Lipinski definition) is 2. The van der Waals surface area contributed by atoms with Crippen molar-refractivity contribution in [3.63, 3.8) is 0 Å². The summed E-state index contributed by atoms with van der Waals surface area (Å²) in [6.45, 7) is 0. The van der Waals surface area contributed by atoms with Crippen molar-refractivity contribution in [1.29, 1.82) is 0 Å². The maximum Gasteiger partial charge on any atom is 0.136 e. The van der Waals surface area contributed by atoms with Crippen LogP contribution in [0.15, 0.2) is 229 Å². The standard InChI is InChI=1S/C60H37NO/c1-3-17-43(18-4-1)60(44-19-5-2-6-20-44)53-26-14-13-21-45(53)46-30-27-41(35-54(46)60)58-47-22-9-11-24-49(47)59(50-25-12-10-23-48(50)58)42-28-31-55(61-37-42)40-29-32-56-51(34-40)52-33-38-15-7-8-16-39(38)36-57(52)62-56/h1-37H. The van der Waals surface area contributed by atoms with Gasteiger partial charge in [0.25, 0.3) is 0 Å². The second-order valence-electron chi connectivity index (χ2n) is 16.6. The van der Waals surface area contributed by atoms with Gasteiger partial charge in [0.1, 0.15) is 11.2 Å². The molecule has 12 aromatic rings. The minimum atomic E-state index is -0.479. The van der Waals surface area contributed by atoms with E-state index in [1.54, 1.807) is 0 Å². The van der Waals surface area contributed by atoms with Crippen molar-refractivity contribution in [3.05, 3.63) is 247 Å². The Balaban J connectivity index is 0.980. The molecule has 2 aromatic heterocycles. The molecule has 0 saturated carbocycles. The Labute approximate surface area is 359 Å². The lowest BCUT2D eigenvalue weighted by atomic mass is 9.67. The smallest absolute Gasteiger partial charge is 0.136 e. The number of benzene rings is 10. The topological polar surface area (TPSA) is 26.0 Å². The predicted molar refractivity (Wildman–Crippen MR) is 258 cm³/mol. The molecule has 0 N–H and O–H groups in total. The van der Waals surface area contributed by atoms with Gasteiger partial charge in [-0.3, -0.25) is 4.98 Å². The fraction of sp³-hybridized carbons (Fsp3) is 0.0167. The zero-order chi connectivity index (χ0) is 40.8. The van der Waals surface area contributed by atoms with Gasteiger partial charge in [-0.2, -0.15) is 0 Å². The fourth-order valence-corrected chi connectivity index (χ4v) is 10.7. The third kappa shape index (κ3) is 5.01. The van der Waals surface area contributed by atoms with Crippen LogP contribution < -0.4 is 0 Å². The van der Waals surface area contributed by atoms with Crippen molar-refractivity contribution < 1.29 is 4.42 Å². The number of aromatic nitrogens is 1. The molecule has 0 unspecified atom stereocenters. The number of pyridine rings is 1. The summed E-state index contributed by atoms with van der Waals surface area (Å²) in [6, 6.07) is 79.7. The van der Waals surface area contributed by atoms with Crippen molar-refractivity contribution in [2.75, 3.05) is 0 Å². The third-order valence-corrected chi connectivity index (χ3v) is 13.4. The molecule has 0 saturated heterocycles. The first kappa shape index (κ1) is 34.8. The Hall–Kier alpha value is -8.07. The average molecular weight is 788 g/mol. The van der Waals surface area contributed by atoms with Crippen molar-refractivity contribution in [2.45, 2.75) is 5.41 Å². The van der Waals surface area contributed by atoms with E-state index in [4.69, 9.17) is 9.40 Å². The van der Waals surface area contributed by atoms with Crippen LogP contribution in [-0.2, 0) is 5.41 Å². The molecule has 0 atom stereocenters. The summed E-state index contributed by atoms with van der Waals surface area (Å²) in [5.41, 5.74) is 15.7. The van der Waals surface area contributed by atoms with Crippen LogP contribution in [0.3, 0.4) is 0 Å². The zero-order valence-corrected chi connectivity index (χ0v) is 33.7. The molecule has 10 aromatic carbocycles. The lowest BCUT2D eigenvalue weighted by Crippen LogP contribution is -2.28. The highest BCUT2D eigenvalue weighted by molar-refractivity contribution is 6.21. The molecule has 0 bridgehead atoms. The van der Waals surface area contributed by atoms with Gasteiger partial charge in [-0.25, -0.2) is 0 Å². The Kier molecular flexibility index (Phi) is 7.55. The van der Waals surface area contributed by atoms with E-state index in [-0.39, 0.29) is 0 Å². The molecule has 1 aliphatic rings. The molecule has 2 heterocycles. The number of furan rings is 1. The van der Waals surface area contributed by atoms with Gasteiger partial charge >= 0.3 is 0 Å². The maximum absolute atomic E-state index is 6.32. The molecule has 0 aliphatic heterocycles. The van der Waals surface area contributed by atoms with Crippen LogP contribution in [0, 0.1) is 0 Å². The molecule has 0 radical (unpaired) electrons. The van der Waals surface area contributed by atoms with E-state index in [1.807, 2.05) is 0 Å². The normalized spacial score (nSPS) is 13.0. The van der Waals surface area contributed by atoms with Crippen molar-refractivity contribution in [1.82, 2.24) is 4.98 Å². The summed E-state index contributed by atoms with van der Waals surface area (Å²) in [5, 5.41) is 9.44. The predicted octanol–water partition coefficient (Wildman–Crippen LogP) is 15.8. The molecule has 288 valence electrons. The number of nitrogens with zero attached hydrogens (tertiary/aromatic N) is 1. The van der Waals surface area contributed by atoms with Crippen LogP contribution >= 0.6 is 0 Å². The first-order chi connectivity index (χ1) is 30.7. The van der Waals surface area contributed by atoms with Gasteiger partial charge in [0, 0.05) is 28.1 Å². The molecule has 2 heteroatoms. The van der Waals surface area contributed by atoms with Gasteiger partial charge < -0.3 is 4.42 Å². The largest absolute Gasteiger partial charge is 0.456 e. The number of hydrogen-bond donors (Lipinski definition) is 0. The second-order valence-corrected chi connectivity index (χ2v) is 16.6. The third-order valence-electron chi connectivity index (χ3n) is 13.4. The minimum Gasteiger partial charge on any atom is -0.456 e. The number of fused-ring (bicyclic) bond motifs is 9. The molecular weight excluding hydrogens is 751 g/mol. The van der Waals surface area contributed by atoms with E-state index in [9.17, 15) is 0 Å². The van der Waals surface area contributed by atoms with E-state index in [0.717, 1.165) is 38.8 Å². The second kappa shape index (κ2) is 13.5. The summed E-state index contributed by atoms with van der Waals surface area (Å²) in [7, 11) is 0. The molecular formula is C60H37NO. The van der Waals surface area contributed by atoms with Gasteiger partial charge in [-0.05, 0) is 125 Å². The zero-order valence-electron chi connectivity index (χ0n) is 33.7. The molecule has 1 aliphatic carbocycles. The molecule has 0 fully saturated rings. The summed E-state index contributed by atoms with van der Waals surface area (Å²) in [4.78, 5) is 5.14. The Morgan fingerprint density at radius 3 is 1.53 bits per heavy atom. The monoisotopic (exact) mass is 787 g/mol. The van der Waals surface area contributed by atoms with Crippen molar-refractivity contribution in [2.24, 2.45) is 0 Å². The first-order valence-electron chi connectivity index (χ1n) is 21.4. The van der Waals surface area contributed by atoms with Crippen molar-refractivity contribution >= 4 is 54.3 Å². The average Bonchev–Trinajstić information content (AvgIpc) is 3.85. The van der Waals surface area contributed by atoms with Crippen LogP contribution in [0.25, 0.3) is 98.9 Å². The highest BCUT2D eigenvalue weighted by Gasteiger charge is 2.46. The van der Waals surface area contributed by atoms with Crippen LogP contribution in [-0.4, -0.2) is 4.98 Å². The highest BCUT2D eigenvalue weighted by Crippen LogP contribution is 2.57. The summed E-state index contributed by atoms with van der Waals surface area (Å²) in [6.07, 6.45) is 2.05. The van der Waals surface area contributed by atoms with Gasteiger partial charge in [0.05, 0.1) is 11.1 Å². The summed E-state index contributed by atoms with van der Waals surface area (Å²) < 4.78 is 6.32. The molecule has 2 nitrogen and oxygen atoms in total. The summed E-state index contributed by atoms with van der Waals surface area (Å²) in [5.74, 6) is 0. The SMILES string of the molecule is c1ccc(C2(c3ccccc3)c3ccccc3-c3ccc(-c4c5ccccc5c(-c5ccc(-c6ccc7oc8cc9ccccc9cc8c7c6)nc5)c5ccccc45)cc32)cc1. The minimum absolute atomic E-state index is 0.479.